The highest BCUT2D eigenvalue weighted by molar-refractivity contribution is 8.13. The lowest BCUT2D eigenvalue weighted by Gasteiger charge is -2.06. The van der Waals surface area contributed by atoms with Crippen LogP contribution in [-0.4, -0.2) is 21.0 Å². The Morgan fingerprint density at radius 3 is 2.55 bits per heavy atom. The SMILES string of the molecule is CCCCCCOC(=O)c1cc(F)cc(S(=O)(=O)Cl)c1. The summed E-state index contributed by atoms with van der Waals surface area (Å²) in [6.07, 6.45) is 3.77. The summed E-state index contributed by atoms with van der Waals surface area (Å²) in [5.74, 6) is -1.62. The van der Waals surface area contributed by atoms with Gasteiger partial charge in [0.15, 0.2) is 0 Å². The zero-order valence-electron chi connectivity index (χ0n) is 11.1. The van der Waals surface area contributed by atoms with Gasteiger partial charge >= 0.3 is 5.97 Å². The zero-order chi connectivity index (χ0) is 15.2. The molecule has 1 aromatic carbocycles. The van der Waals surface area contributed by atoms with Crippen molar-refractivity contribution < 1.29 is 22.3 Å². The third-order valence-corrected chi connectivity index (χ3v) is 3.95. The van der Waals surface area contributed by atoms with Gasteiger partial charge in [-0.2, -0.15) is 0 Å². The van der Waals surface area contributed by atoms with Gasteiger partial charge in [-0.3, -0.25) is 0 Å². The standard InChI is InChI=1S/C13H16ClFO4S/c1-2-3-4-5-6-19-13(16)10-7-11(15)9-12(8-10)20(14,17)18/h7-9H,2-6H2,1H3. The predicted octanol–water partition coefficient (Wildman–Crippen LogP) is 3.49. The molecular formula is C13H16ClFO4S. The second-order valence-electron chi connectivity index (χ2n) is 4.31. The fourth-order valence-electron chi connectivity index (χ4n) is 1.60. The van der Waals surface area contributed by atoms with Gasteiger partial charge in [-0.25, -0.2) is 17.6 Å². The molecule has 20 heavy (non-hydrogen) atoms. The summed E-state index contributed by atoms with van der Waals surface area (Å²) in [4.78, 5) is 11.2. The third kappa shape index (κ3) is 5.46. The molecule has 0 aliphatic heterocycles. The number of hydrogen-bond donors (Lipinski definition) is 0. The van der Waals surface area contributed by atoms with Crippen LogP contribution in [0.4, 0.5) is 4.39 Å². The van der Waals surface area contributed by atoms with E-state index in [9.17, 15) is 17.6 Å². The summed E-state index contributed by atoms with van der Waals surface area (Å²) in [6, 6.07) is 2.67. The Morgan fingerprint density at radius 1 is 1.25 bits per heavy atom. The van der Waals surface area contributed by atoms with Crippen LogP contribution in [-0.2, 0) is 13.8 Å². The van der Waals surface area contributed by atoms with Gasteiger partial charge in [-0.1, -0.05) is 26.2 Å². The molecule has 0 aromatic heterocycles. The van der Waals surface area contributed by atoms with Crippen molar-refractivity contribution in [3.8, 4) is 0 Å². The summed E-state index contributed by atoms with van der Waals surface area (Å²) in [7, 11) is 1.03. The van der Waals surface area contributed by atoms with Gasteiger partial charge in [0.25, 0.3) is 9.05 Å². The van der Waals surface area contributed by atoms with Crippen LogP contribution in [0.5, 0.6) is 0 Å². The lowest BCUT2D eigenvalue weighted by molar-refractivity contribution is 0.0497. The smallest absolute Gasteiger partial charge is 0.338 e. The molecular weight excluding hydrogens is 307 g/mol. The Morgan fingerprint density at radius 2 is 1.95 bits per heavy atom. The normalized spacial score (nSPS) is 11.3. The number of esters is 1. The maximum atomic E-state index is 13.3. The first-order chi connectivity index (χ1) is 9.34. The molecule has 0 saturated heterocycles. The molecule has 0 unspecified atom stereocenters. The van der Waals surface area contributed by atoms with E-state index in [1.54, 1.807) is 0 Å². The minimum Gasteiger partial charge on any atom is -0.462 e. The van der Waals surface area contributed by atoms with Gasteiger partial charge in [-0.05, 0) is 24.6 Å². The number of benzene rings is 1. The van der Waals surface area contributed by atoms with E-state index in [4.69, 9.17) is 15.4 Å². The van der Waals surface area contributed by atoms with Gasteiger partial charge < -0.3 is 4.74 Å². The molecule has 0 spiro atoms. The highest BCUT2D eigenvalue weighted by Gasteiger charge is 2.16. The highest BCUT2D eigenvalue weighted by atomic mass is 35.7. The lowest BCUT2D eigenvalue weighted by Crippen LogP contribution is -2.08. The first-order valence-electron chi connectivity index (χ1n) is 6.27. The fraction of sp³-hybridized carbons (Fsp3) is 0.462. The Kier molecular flexibility index (Phi) is 6.42. The molecule has 0 amide bonds. The molecule has 0 atom stereocenters. The van der Waals surface area contributed by atoms with E-state index in [0.29, 0.717) is 0 Å². The number of ether oxygens (including phenoxy) is 1. The summed E-state index contributed by atoms with van der Waals surface area (Å²) in [5, 5.41) is 0. The molecule has 0 bridgehead atoms. The van der Waals surface area contributed by atoms with Crippen LogP contribution in [0.2, 0.25) is 0 Å². The molecule has 0 saturated carbocycles. The molecule has 0 aliphatic rings. The van der Waals surface area contributed by atoms with E-state index in [-0.39, 0.29) is 12.2 Å². The van der Waals surface area contributed by atoms with Crippen molar-refractivity contribution in [3.63, 3.8) is 0 Å². The number of unbranched alkanes of at least 4 members (excludes halogenated alkanes) is 3. The summed E-state index contributed by atoms with van der Waals surface area (Å²) in [6.45, 7) is 2.28. The van der Waals surface area contributed by atoms with Crippen LogP contribution < -0.4 is 0 Å². The molecule has 0 heterocycles. The average molecular weight is 323 g/mol. The Labute approximate surface area is 122 Å². The van der Waals surface area contributed by atoms with E-state index in [2.05, 4.69) is 6.92 Å². The molecule has 4 nitrogen and oxygen atoms in total. The fourth-order valence-corrected chi connectivity index (χ4v) is 2.39. The maximum absolute atomic E-state index is 13.3. The second-order valence-corrected chi connectivity index (χ2v) is 6.88. The largest absolute Gasteiger partial charge is 0.462 e. The number of carbonyl (C=O) groups excluding carboxylic acids is 1. The van der Waals surface area contributed by atoms with Gasteiger partial charge in [0.2, 0.25) is 0 Å². The second kappa shape index (κ2) is 7.59. The minimum atomic E-state index is -4.09. The first-order valence-corrected chi connectivity index (χ1v) is 8.58. The van der Waals surface area contributed by atoms with Crippen LogP contribution in [0.15, 0.2) is 23.1 Å². The topological polar surface area (TPSA) is 60.4 Å². The molecule has 0 radical (unpaired) electrons. The van der Waals surface area contributed by atoms with Crippen LogP contribution in [0.3, 0.4) is 0 Å². The highest BCUT2D eigenvalue weighted by Crippen LogP contribution is 2.19. The van der Waals surface area contributed by atoms with Crippen LogP contribution in [0.1, 0.15) is 43.0 Å². The van der Waals surface area contributed by atoms with Crippen molar-refractivity contribution in [2.45, 2.75) is 37.5 Å². The van der Waals surface area contributed by atoms with E-state index >= 15 is 0 Å². The zero-order valence-corrected chi connectivity index (χ0v) is 12.6. The molecule has 0 N–H and O–H groups in total. The molecule has 1 aromatic rings. The van der Waals surface area contributed by atoms with Gasteiger partial charge in [0.1, 0.15) is 5.82 Å². The lowest BCUT2D eigenvalue weighted by atomic mass is 10.2. The Balaban J connectivity index is 2.71. The monoisotopic (exact) mass is 322 g/mol. The number of carbonyl (C=O) groups is 1. The molecule has 0 fully saturated rings. The van der Waals surface area contributed by atoms with Crippen molar-refractivity contribution in [3.05, 3.63) is 29.6 Å². The van der Waals surface area contributed by atoms with Crippen molar-refractivity contribution in [2.24, 2.45) is 0 Å². The van der Waals surface area contributed by atoms with Crippen LogP contribution in [0.25, 0.3) is 0 Å². The van der Waals surface area contributed by atoms with Crippen molar-refractivity contribution in [1.29, 1.82) is 0 Å². The minimum absolute atomic E-state index is 0.167. The van der Waals surface area contributed by atoms with Crippen LogP contribution >= 0.6 is 10.7 Å². The Bertz CT molecular complexity index is 572. The number of halogens is 2. The molecule has 1 rings (SSSR count). The quantitative estimate of drug-likeness (QED) is 0.438. The molecule has 0 aliphatic carbocycles. The Hall–Kier alpha value is -1.14. The summed E-state index contributed by atoms with van der Waals surface area (Å²) < 4.78 is 40.5. The van der Waals surface area contributed by atoms with Gasteiger partial charge in [0.05, 0.1) is 17.1 Å². The van der Waals surface area contributed by atoms with Crippen molar-refractivity contribution in [2.75, 3.05) is 6.61 Å². The summed E-state index contributed by atoms with van der Waals surface area (Å²) in [5.41, 5.74) is -0.167. The van der Waals surface area contributed by atoms with E-state index in [1.807, 2.05) is 0 Å². The van der Waals surface area contributed by atoms with Crippen molar-refractivity contribution >= 4 is 25.7 Å². The number of rotatable bonds is 7. The summed E-state index contributed by atoms with van der Waals surface area (Å²) >= 11 is 0. The molecule has 112 valence electrons. The average Bonchev–Trinajstić information content (AvgIpc) is 2.36. The van der Waals surface area contributed by atoms with E-state index < -0.39 is 25.7 Å². The van der Waals surface area contributed by atoms with Gasteiger partial charge in [0, 0.05) is 10.7 Å². The first kappa shape index (κ1) is 16.9. The van der Waals surface area contributed by atoms with E-state index in [0.717, 1.165) is 43.9 Å². The third-order valence-electron chi connectivity index (χ3n) is 2.62. The number of hydrogen-bond acceptors (Lipinski definition) is 4. The van der Waals surface area contributed by atoms with Crippen LogP contribution in [0, 0.1) is 5.82 Å². The maximum Gasteiger partial charge on any atom is 0.338 e. The predicted molar refractivity (Wildman–Crippen MR) is 73.9 cm³/mol. The van der Waals surface area contributed by atoms with E-state index in [1.165, 1.54) is 0 Å². The molecule has 7 heteroatoms. The van der Waals surface area contributed by atoms with Crippen molar-refractivity contribution in [1.82, 2.24) is 0 Å². The van der Waals surface area contributed by atoms with Gasteiger partial charge in [-0.15, -0.1) is 0 Å².